The lowest BCUT2D eigenvalue weighted by Gasteiger charge is -2.15. The molecule has 4 nitrogen and oxygen atoms in total. The molecule has 6 heteroatoms. The summed E-state index contributed by atoms with van der Waals surface area (Å²) in [6, 6.07) is 39.1. The standard InChI is InChI=1S/C39H23FN4S/c40-35(24-14-15-26-27-9-1-3-12-33(27)43-20-19-42-38(43)32(26)22-24)23-7-5-8-25(21-23)44-36-29(31-11-6-18-41-39(31)44)16-17-30-28-10-2-4-13-34(28)45-37(30)36/h1-22,35H. The van der Waals surface area contributed by atoms with Gasteiger partial charge in [-0.1, -0.05) is 72.8 Å². The Balaban J connectivity index is 1.18. The molecule has 5 aromatic heterocycles. The minimum absolute atomic E-state index is 0.599. The van der Waals surface area contributed by atoms with E-state index in [0.717, 1.165) is 54.9 Å². The van der Waals surface area contributed by atoms with Gasteiger partial charge in [-0.15, -0.1) is 11.3 Å². The minimum Gasteiger partial charge on any atom is -0.299 e. The zero-order valence-corrected chi connectivity index (χ0v) is 24.7. The summed E-state index contributed by atoms with van der Waals surface area (Å²) in [6.45, 7) is 0. The molecule has 0 fully saturated rings. The molecule has 10 aromatic rings. The van der Waals surface area contributed by atoms with E-state index in [2.05, 4.69) is 74.6 Å². The van der Waals surface area contributed by atoms with Crippen LogP contribution in [-0.4, -0.2) is 18.9 Å². The largest absolute Gasteiger partial charge is 0.299 e. The molecule has 0 amide bonds. The van der Waals surface area contributed by atoms with Crippen molar-refractivity contribution in [1.29, 1.82) is 0 Å². The van der Waals surface area contributed by atoms with Crippen LogP contribution in [0, 0.1) is 0 Å². The van der Waals surface area contributed by atoms with Crippen LogP contribution in [0.1, 0.15) is 17.3 Å². The highest BCUT2D eigenvalue weighted by atomic mass is 32.1. The predicted octanol–water partition coefficient (Wildman–Crippen LogP) is 10.6. The third-order valence-electron chi connectivity index (χ3n) is 9.13. The molecular weight excluding hydrogens is 576 g/mol. The Morgan fingerprint density at radius 3 is 2.31 bits per heavy atom. The second-order valence-electron chi connectivity index (χ2n) is 11.5. The fourth-order valence-corrected chi connectivity index (χ4v) is 8.36. The maximum atomic E-state index is 16.6. The van der Waals surface area contributed by atoms with Crippen LogP contribution >= 0.6 is 11.3 Å². The average Bonchev–Trinajstić information content (AvgIpc) is 3.82. The third-order valence-corrected chi connectivity index (χ3v) is 10.3. The summed E-state index contributed by atoms with van der Waals surface area (Å²) in [5.41, 5.74) is 5.98. The molecule has 0 aliphatic rings. The molecule has 1 atom stereocenters. The van der Waals surface area contributed by atoms with Crippen LogP contribution in [0.2, 0.25) is 0 Å². The molecule has 1 unspecified atom stereocenters. The van der Waals surface area contributed by atoms with Gasteiger partial charge in [-0.3, -0.25) is 8.97 Å². The second-order valence-corrected chi connectivity index (χ2v) is 12.6. The lowest BCUT2D eigenvalue weighted by Crippen LogP contribution is -2.00. The summed E-state index contributed by atoms with van der Waals surface area (Å²) in [5.74, 6) is 0. The Bertz CT molecular complexity index is 2810. The van der Waals surface area contributed by atoms with Crippen LogP contribution < -0.4 is 0 Å². The maximum Gasteiger partial charge on any atom is 0.150 e. The minimum atomic E-state index is -1.32. The monoisotopic (exact) mass is 598 g/mol. The summed E-state index contributed by atoms with van der Waals surface area (Å²) >= 11 is 1.80. The van der Waals surface area contributed by atoms with Crippen molar-refractivity contribution in [1.82, 2.24) is 18.9 Å². The van der Waals surface area contributed by atoms with E-state index >= 15 is 4.39 Å². The molecule has 0 bridgehead atoms. The first kappa shape index (κ1) is 24.8. The summed E-state index contributed by atoms with van der Waals surface area (Å²) < 4.78 is 23.4. The molecule has 0 N–H and O–H groups in total. The fraction of sp³-hybridized carbons (Fsp3) is 0.0256. The van der Waals surface area contributed by atoms with Gasteiger partial charge in [0.2, 0.25) is 0 Å². The summed E-state index contributed by atoms with van der Waals surface area (Å²) in [7, 11) is 0. The number of hydrogen-bond donors (Lipinski definition) is 0. The topological polar surface area (TPSA) is 35.1 Å². The number of benzene rings is 5. The number of rotatable bonds is 3. The van der Waals surface area contributed by atoms with Gasteiger partial charge in [-0.05, 0) is 59.0 Å². The molecule has 0 aliphatic carbocycles. The van der Waals surface area contributed by atoms with E-state index in [9.17, 15) is 0 Å². The van der Waals surface area contributed by atoms with Crippen molar-refractivity contribution in [3.63, 3.8) is 0 Å². The number of hydrogen-bond acceptors (Lipinski definition) is 3. The molecule has 0 saturated heterocycles. The first-order valence-electron chi connectivity index (χ1n) is 15.0. The molecule has 5 heterocycles. The molecule has 212 valence electrons. The first-order chi connectivity index (χ1) is 22.2. The van der Waals surface area contributed by atoms with E-state index in [-0.39, 0.29) is 0 Å². The van der Waals surface area contributed by atoms with Crippen LogP contribution in [0.4, 0.5) is 4.39 Å². The van der Waals surface area contributed by atoms with Crippen molar-refractivity contribution >= 4 is 80.8 Å². The average molecular weight is 599 g/mol. The molecule has 0 spiro atoms. The van der Waals surface area contributed by atoms with Crippen molar-refractivity contribution in [2.75, 3.05) is 0 Å². The van der Waals surface area contributed by atoms with Gasteiger partial charge in [0, 0.05) is 61.3 Å². The Hall–Kier alpha value is -5.59. The predicted molar refractivity (Wildman–Crippen MR) is 185 cm³/mol. The van der Waals surface area contributed by atoms with Crippen molar-refractivity contribution in [2.45, 2.75) is 6.17 Å². The Morgan fingerprint density at radius 1 is 0.578 bits per heavy atom. The number of nitrogens with zero attached hydrogens (tertiary/aromatic N) is 4. The van der Waals surface area contributed by atoms with Gasteiger partial charge < -0.3 is 0 Å². The maximum absolute atomic E-state index is 16.6. The van der Waals surface area contributed by atoms with Gasteiger partial charge in [-0.2, -0.15) is 0 Å². The Labute approximate surface area is 260 Å². The van der Waals surface area contributed by atoms with E-state index in [1.807, 2.05) is 67.0 Å². The van der Waals surface area contributed by atoms with Crippen molar-refractivity contribution in [2.24, 2.45) is 0 Å². The number of alkyl halides is 1. The van der Waals surface area contributed by atoms with Gasteiger partial charge >= 0.3 is 0 Å². The van der Waals surface area contributed by atoms with E-state index < -0.39 is 6.17 Å². The van der Waals surface area contributed by atoms with Gasteiger partial charge in [-0.25, -0.2) is 14.4 Å². The molecule has 45 heavy (non-hydrogen) atoms. The number of imidazole rings is 1. The van der Waals surface area contributed by atoms with Crippen LogP contribution in [0.5, 0.6) is 0 Å². The smallest absolute Gasteiger partial charge is 0.150 e. The summed E-state index contributed by atoms with van der Waals surface area (Å²) in [4.78, 5) is 9.48. The first-order valence-corrected chi connectivity index (χ1v) is 15.8. The summed E-state index contributed by atoms with van der Waals surface area (Å²) in [5, 5.41) is 7.82. The highest BCUT2D eigenvalue weighted by Crippen LogP contribution is 2.43. The lowest BCUT2D eigenvalue weighted by molar-refractivity contribution is 0.402. The Kier molecular flexibility index (Phi) is 5.08. The third kappa shape index (κ3) is 3.45. The normalized spacial score (nSPS) is 12.9. The van der Waals surface area contributed by atoms with Crippen LogP contribution in [-0.2, 0) is 0 Å². The second kappa shape index (κ2) is 9.21. The van der Waals surface area contributed by atoms with Crippen LogP contribution in [0.15, 0.2) is 134 Å². The Morgan fingerprint density at radius 2 is 1.36 bits per heavy atom. The number of thiophene rings is 1. The van der Waals surface area contributed by atoms with Crippen molar-refractivity contribution in [3.8, 4) is 5.69 Å². The van der Waals surface area contributed by atoms with Gasteiger partial charge in [0.1, 0.15) is 11.3 Å². The SMILES string of the molecule is FC(c1cccc(-n2c3ncccc3c3ccc4c5ccccc5sc4c32)c1)c1ccc2c3ccccc3n3ccnc3c2c1. The molecule has 10 rings (SSSR count). The quantitative estimate of drug-likeness (QED) is 0.190. The van der Waals surface area contributed by atoms with E-state index in [0.29, 0.717) is 11.1 Å². The number of aromatic nitrogens is 4. The molecule has 0 saturated carbocycles. The van der Waals surface area contributed by atoms with Gasteiger partial charge in [0.25, 0.3) is 0 Å². The van der Waals surface area contributed by atoms with E-state index in [1.165, 1.54) is 20.2 Å². The molecule has 0 radical (unpaired) electrons. The lowest BCUT2D eigenvalue weighted by atomic mass is 9.98. The highest BCUT2D eigenvalue weighted by molar-refractivity contribution is 7.26. The van der Waals surface area contributed by atoms with Crippen LogP contribution in [0.3, 0.4) is 0 Å². The van der Waals surface area contributed by atoms with E-state index in [1.54, 1.807) is 17.5 Å². The molecular formula is C39H23FN4S. The zero-order chi connectivity index (χ0) is 29.6. The van der Waals surface area contributed by atoms with Gasteiger partial charge in [0.15, 0.2) is 6.17 Å². The highest BCUT2D eigenvalue weighted by Gasteiger charge is 2.21. The number of halogens is 1. The number of para-hydroxylation sites is 1. The summed E-state index contributed by atoms with van der Waals surface area (Å²) in [6.07, 6.45) is 4.28. The molecule has 5 aromatic carbocycles. The number of fused-ring (bicyclic) bond motifs is 13. The van der Waals surface area contributed by atoms with E-state index in [4.69, 9.17) is 4.98 Å². The molecule has 0 aliphatic heterocycles. The zero-order valence-electron chi connectivity index (χ0n) is 23.9. The van der Waals surface area contributed by atoms with Crippen LogP contribution in [0.25, 0.3) is 75.1 Å². The van der Waals surface area contributed by atoms with Gasteiger partial charge in [0.05, 0.1) is 15.7 Å². The van der Waals surface area contributed by atoms with Crippen molar-refractivity contribution < 1.29 is 4.39 Å². The fourth-order valence-electron chi connectivity index (χ4n) is 7.12. The number of pyridine rings is 2. The van der Waals surface area contributed by atoms with Crippen molar-refractivity contribution in [3.05, 3.63) is 145 Å².